The van der Waals surface area contributed by atoms with Crippen molar-refractivity contribution in [1.29, 1.82) is 0 Å². The smallest absolute Gasteiger partial charge is 0.231 e. The maximum absolute atomic E-state index is 11.0. The summed E-state index contributed by atoms with van der Waals surface area (Å²) in [6, 6.07) is -0.523. The monoisotopic (exact) mass is 311 g/mol. The Balaban J connectivity index is 3.68. The van der Waals surface area contributed by atoms with E-state index in [-0.39, 0.29) is 4.92 Å². The molecule has 0 aromatic rings. The topological polar surface area (TPSA) is 60.2 Å². The molecule has 0 N–H and O–H groups in total. The van der Waals surface area contributed by atoms with Crippen LogP contribution in [-0.2, 0) is 4.79 Å². The van der Waals surface area contributed by atoms with Crippen molar-refractivity contribution in [3.8, 4) is 0 Å². The van der Waals surface area contributed by atoms with E-state index in [1.807, 2.05) is 6.08 Å². The molecule has 4 heteroatoms. The van der Waals surface area contributed by atoms with Gasteiger partial charge in [-0.2, -0.15) is 0 Å². The van der Waals surface area contributed by atoms with Crippen molar-refractivity contribution in [3.63, 3.8) is 0 Å². The fraction of sp³-hybridized carbons (Fsp3) is 0.833. The summed E-state index contributed by atoms with van der Waals surface area (Å²) in [6.45, 7) is 2.20. The van der Waals surface area contributed by atoms with E-state index in [0.717, 1.165) is 51.2 Å². The van der Waals surface area contributed by atoms with Gasteiger partial charge in [-0.3, -0.25) is 10.1 Å². The van der Waals surface area contributed by atoms with Gasteiger partial charge >= 0.3 is 0 Å². The molecule has 0 aliphatic heterocycles. The molecular weight excluding hydrogens is 278 g/mol. The molecule has 0 aliphatic carbocycles. The molecule has 0 radical (unpaired) electrons. The fourth-order valence-corrected chi connectivity index (χ4v) is 2.50. The minimum atomic E-state index is -0.523. The van der Waals surface area contributed by atoms with Crippen LogP contribution in [0.5, 0.6) is 0 Å². The summed E-state index contributed by atoms with van der Waals surface area (Å²) in [7, 11) is 0. The van der Waals surface area contributed by atoms with E-state index in [1.54, 1.807) is 6.08 Å². The van der Waals surface area contributed by atoms with Gasteiger partial charge in [0.15, 0.2) is 0 Å². The molecule has 0 saturated carbocycles. The molecule has 4 nitrogen and oxygen atoms in total. The minimum absolute atomic E-state index is 0.167. The molecule has 0 fully saturated rings. The van der Waals surface area contributed by atoms with E-state index in [0.29, 0.717) is 12.8 Å². The molecule has 0 heterocycles. The van der Waals surface area contributed by atoms with E-state index in [2.05, 4.69) is 6.92 Å². The van der Waals surface area contributed by atoms with Crippen molar-refractivity contribution < 1.29 is 9.72 Å². The van der Waals surface area contributed by atoms with Gasteiger partial charge in [-0.15, -0.1) is 0 Å². The van der Waals surface area contributed by atoms with Crippen LogP contribution in [0.4, 0.5) is 0 Å². The van der Waals surface area contributed by atoms with Gasteiger partial charge in [-0.25, -0.2) is 0 Å². The molecule has 0 aliphatic rings. The zero-order valence-electron chi connectivity index (χ0n) is 14.2. The predicted octanol–water partition coefficient (Wildman–Crippen LogP) is 5.48. The Morgan fingerprint density at radius 2 is 1.50 bits per heavy atom. The maximum Gasteiger partial charge on any atom is 0.231 e. The number of carbonyl (C=O) groups is 1. The largest absolute Gasteiger partial charge is 0.303 e. The van der Waals surface area contributed by atoms with Crippen molar-refractivity contribution in [2.24, 2.45) is 0 Å². The molecule has 22 heavy (non-hydrogen) atoms. The second-order valence-corrected chi connectivity index (χ2v) is 6.00. The Morgan fingerprint density at radius 1 is 0.909 bits per heavy atom. The highest BCUT2D eigenvalue weighted by Crippen LogP contribution is 2.12. The summed E-state index contributed by atoms with van der Waals surface area (Å²) < 4.78 is 0. The number of rotatable bonds is 16. The number of allylic oxidation sites excluding steroid dienone is 1. The lowest BCUT2D eigenvalue weighted by molar-refractivity contribution is -0.510. The molecule has 0 aromatic carbocycles. The summed E-state index contributed by atoms with van der Waals surface area (Å²) in [5, 5.41) is 11.0. The highest BCUT2D eigenvalue weighted by molar-refractivity contribution is 5.48. The standard InChI is InChI=1S/C18H33NO3/c1-2-3-4-5-6-9-12-15-18(19(21)22)16-13-10-7-8-11-14-17-20/h12,15,17-18H,2-11,13-14,16H2,1H3/b15-12+. The first-order chi connectivity index (χ1) is 10.7. The van der Waals surface area contributed by atoms with Crippen LogP contribution in [0.1, 0.15) is 90.4 Å². The third-order valence-corrected chi connectivity index (χ3v) is 3.93. The zero-order chi connectivity index (χ0) is 16.5. The predicted molar refractivity (Wildman–Crippen MR) is 91.7 cm³/mol. The van der Waals surface area contributed by atoms with Crippen LogP contribution in [0.25, 0.3) is 0 Å². The van der Waals surface area contributed by atoms with Crippen LogP contribution in [0.2, 0.25) is 0 Å². The van der Waals surface area contributed by atoms with E-state index >= 15 is 0 Å². The third kappa shape index (κ3) is 13.8. The van der Waals surface area contributed by atoms with Gasteiger partial charge < -0.3 is 4.79 Å². The number of nitrogens with zero attached hydrogens (tertiary/aromatic N) is 1. The van der Waals surface area contributed by atoms with Crippen molar-refractivity contribution in [3.05, 3.63) is 22.3 Å². The quantitative estimate of drug-likeness (QED) is 0.125. The highest BCUT2D eigenvalue weighted by Gasteiger charge is 2.14. The fourth-order valence-electron chi connectivity index (χ4n) is 2.50. The van der Waals surface area contributed by atoms with Crippen LogP contribution < -0.4 is 0 Å². The molecule has 128 valence electrons. The number of carbonyl (C=O) groups excluding carboxylic acids is 1. The van der Waals surface area contributed by atoms with Gasteiger partial charge in [-0.05, 0) is 31.8 Å². The Bertz CT molecular complexity index is 303. The number of hydrogen-bond donors (Lipinski definition) is 0. The van der Waals surface area contributed by atoms with Gasteiger partial charge in [0.2, 0.25) is 6.04 Å². The Morgan fingerprint density at radius 3 is 2.14 bits per heavy atom. The average Bonchev–Trinajstić information content (AvgIpc) is 2.50. The average molecular weight is 311 g/mol. The molecule has 0 saturated heterocycles. The van der Waals surface area contributed by atoms with Crippen molar-refractivity contribution >= 4 is 6.29 Å². The molecule has 0 aromatic heterocycles. The maximum atomic E-state index is 11.0. The summed E-state index contributed by atoms with van der Waals surface area (Å²) in [6.07, 6.45) is 18.1. The van der Waals surface area contributed by atoms with E-state index < -0.39 is 6.04 Å². The van der Waals surface area contributed by atoms with Crippen molar-refractivity contribution in [2.75, 3.05) is 0 Å². The molecular formula is C18H33NO3. The molecule has 0 spiro atoms. The van der Waals surface area contributed by atoms with Crippen LogP contribution in [-0.4, -0.2) is 17.3 Å². The third-order valence-electron chi connectivity index (χ3n) is 3.93. The summed E-state index contributed by atoms with van der Waals surface area (Å²) >= 11 is 0. The van der Waals surface area contributed by atoms with Crippen LogP contribution in [0.15, 0.2) is 12.2 Å². The molecule has 0 bridgehead atoms. The van der Waals surface area contributed by atoms with Gasteiger partial charge in [0, 0.05) is 17.8 Å². The number of aldehydes is 1. The molecule has 0 amide bonds. The number of nitro groups is 1. The zero-order valence-corrected chi connectivity index (χ0v) is 14.2. The first-order valence-corrected chi connectivity index (χ1v) is 8.96. The number of hydrogen-bond acceptors (Lipinski definition) is 3. The van der Waals surface area contributed by atoms with Gasteiger partial charge in [0.25, 0.3) is 0 Å². The summed E-state index contributed by atoms with van der Waals surface area (Å²) in [5.41, 5.74) is 0. The Hall–Kier alpha value is -1.19. The van der Waals surface area contributed by atoms with Crippen LogP contribution in [0, 0.1) is 10.1 Å². The highest BCUT2D eigenvalue weighted by atomic mass is 16.6. The van der Waals surface area contributed by atoms with Gasteiger partial charge in [0.05, 0.1) is 0 Å². The molecule has 1 atom stereocenters. The van der Waals surface area contributed by atoms with Crippen molar-refractivity contribution in [2.45, 2.75) is 96.4 Å². The first-order valence-electron chi connectivity index (χ1n) is 8.96. The second kappa shape index (κ2) is 16.2. The van der Waals surface area contributed by atoms with Gasteiger partial charge in [-0.1, -0.05) is 57.9 Å². The molecule has 0 rings (SSSR count). The number of unbranched alkanes of at least 4 members (excludes halogenated alkanes) is 10. The second-order valence-electron chi connectivity index (χ2n) is 6.00. The normalized spacial score (nSPS) is 12.6. The van der Waals surface area contributed by atoms with Crippen LogP contribution in [0.3, 0.4) is 0 Å². The van der Waals surface area contributed by atoms with E-state index in [9.17, 15) is 14.9 Å². The first kappa shape index (κ1) is 20.8. The Labute approximate surface area is 135 Å². The molecule has 1 unspecified atom stereocenters. The lowest BCUT2D eigenvalue weighted by Gasteiger charge is -2.05. The van der Waals surface area contributed by atoms with E-state index in [1.165, 1.54) is 25.7 Å². The summed E-state index contributed by atoms with van der Waals surface area (Å²) in [5.74, 6) is 0. The minimum Gasteiger partial charge on any atom is -0.303 e. The van der Waals surface area contributed by atoms with E-state index in [4.69, 9.17) is 0 Å². The SMILES string of the molecule is CCCCCCC/C=C/C(CCCCCCCC=O)[N+](=O)[O-]. The van der Waals surface area contributed by atoms with Crippen molar-refractivity contribution in [1.82, 2.24) is 0 Å². The lowest BCUT2D eigenvalue weighted by Crippen LogP contribution is -2.16. The van der Waals surface area contributed by atoms with Crippen LogP contribution >= 0.6 is 0 Å². The Kier molecular flexibility index (Phi) is 15.3. The van der Waals surface area contributed by atoms with Gasteiger partial charge in [0.1, 0.15) is 6.29 Å². The lowest BCUT2D eigenvalue weighted by atomic mass is 10.0. The summed E-state index contributed by atoms with van der Waals surface area (Å²) in [4.78, 5) is 21.0.